The van der Waals surface area contributed by atoms with Crippen molar-refractivity contribution in [3.05, 3.63) is 41.1 Å². The van der Waals surface area contributed by atoms with Gasteiger partial charge in [-0.3, -0.25) is 4.79 Å². The largest absolute Gasteiger partial charge is 0.387 e. The Morgan fingerprint density at radius 1 is 1.45 bits per heavy atom. The molecule has 0 heterocycles. The fraction of sp³-hybridized carbons (Fsp3) is 0.412. The first-order valence-corrected chi connectivity index (χ1v) is 7.24. The summed E-state index contributed by atoms with van der Waals surface area (Å²) in [5, 5.41) is 14.9. The van der Waals surface area contributed by atoms with Crippen molar-refractivity contribution in [2.45, 2.75) is 26.7 Å². The van der Waals surface area contributed by atoms with Gasteiger partial charge < -0.3 is 15.4 Å². The molecule has 1 rings (SSSR count). The highest BCUT2D eigenvalue weighted by Crippen LogP contribution is 2.27. The fourth-order valence-corrected chi connectivity index (χ4v) is 2.01. The van der Waals surface area contributed by atoms with E-state index in [0.717, 1.165) is 16.8 Å². The first kappa shape index (κ1) is 17.7. The van der Waals surface area contributed by atoms with Gasteiger partial charge in [0.2, 0.25) is 0 Å². The first-order chi connectivity index (χ1) is 10.5. The third kappa shape index (κ3) is 4.90. The van der Waals surface area contributed by atoms with Crippen LogP contribution in [0.25, 0.3) is 0 Å². The lowest BCUT2D eigenvalue weighted by Crippen LogP contribution is -2.20. The number of para-hydroxylation sites is 1. The van der Waals surface area contributed by atoms with Crippen LogP contribution in [-0.2, 0) is 9.53 Å². The summed E-state index contributed by atoms with van der Waals surface area (Å²) in [5.41, 5.74) is 2.84. The van der Waals surface area contributed by atoms with Crippen molar-refractivity contribution in [2.24, 2.45) is 0 Å². The third-order valence-corrected chi connectivity index (χ3v) is 3.23. The molecule has 22 heavy (non-hydrogen) atoms. The van der Waals surface area contributed by atoms with E-state index in [1.165, 1.54) is 6.20 Å². The molecule has 0 saturated carbocycles. The molecule has 5 nitrogen and oxygen atoms in total. The van der Waals surface area contributed by atoms with Gasteiger partial charge in [0.25, 0.3) is 5.91 Å². The smallest absolute Gasteiger partial charge is 0.267 e. The van der Waals surface area contributed by atoms with Gasteiger partial charge in [-0.15, -0.1) is 0 Å². The predicted octanol–water partition coefficient (Wildman–Crippen LogP) is 2.70. The van der Waals surface area contributed by atoms with Gasteiger partial charge in [-0.25, -0.2) is 0 Å². The number of aryl methyl sites for hydroxylation is 1. The van der Waals surface area contributed by atoms with Crippen LogP contribution >= 0.6 is 0 Å². The van der Waals surface area contributed by atoms with E-state index >= 15 is 0 Å². The number of anilines is 1. The molecule has 0 bridgehead atoms. The van der Waals surface area contributed by atoms with Crippen LogP contribution in [-0.4, -0.2) is 26.2 Å². The molecule has 0 aliphatic rings. The summed E-state index contributed by atoms with van der Waals surface area (Å²) in [4.78, 5) is 12.3. The maximum absolute atomic E-state index is 12.3. The molecule has 1 aromatic rings. The van der Waals surface area contributed by atoms with Crippen LogP contribution in [0.5, 0.6) is 0 Å². The highest BCUT2D eigenvalue weighted by Gasteiger charge is 2.14. The number of carbonyl (C=O) groups is 1. The lowest BCUT2D eigenvalue weighted by molar-refractivity contribution is -0.112. The van der Waals surface area contributed by atoms with E-state index < -0.39 is 5.91 Å². The van der Waals surface area contributed by atoms with E-state index in [1.807, 2.05) is 31.2 Å². The van der Waals surface area contributed by atoms with E-state index in [9.17, 15) is 4.79 Å². The predicted molar refractivity (Wildman–Crippen MR) is 87.5 cm³/mol. The molecular formula is C17H23N3O2. The summed E-state index contributed by atoms with van der Waals surface area (Å²) in [6, 6.07) is 7.80. The van der Waals surface area contributed by atoms with Crippen molar-refractivity contribution in [3.63, 3.8) is 0 Å². The molecule has 0 atom stereocenters. The van der Waals surface area contributed by atoms with Gasteiger partial charge in [-0.1, -0.05) is 32.0 Å². The van der Waals surface area contributed by atoms with Crippen molar-refractivity contribution in [2.75, 3.05) is 25.6 Å². The minimum absolute atomic E-state index is 0.0362. The Balaban J connectivity index is 2.90. The molecule has 0 radical (unpaired) electrons. The Hall–Kier alpha value is -2.32. The summed E-state index contributed by atoms with van der Waals surface area (Å²) in [5.74, 6) is -0.131. The summed E-state index contributed by atoms with van der Waals surface area (Å²) in [6.45, 7) is 7.12. The van der Waals surface area contributed by atoms with Crippen molar-refractivity contribution < 1.29 is 9.53 Å². The monoisotopic (exact) mass is 301 g/mol. The molecular weight excluding hydrogens is 278 g/mol. The number of methoxy groups -OCH3 is 1. The van der Waals surface area contributed by atoms with Gasteiger partial charge in [0.15, 0.2) is 0 Å². The topological polar surface area (TPSA) is 74.1 Å². The summed E-state index contributed by atoms with van der Waals surface area (Å²) < 4.78 is 4.90. The highest BCUT2D eigenvalue weighted by atomic mass is 16.5. The number of ether oxygens (including phenoxy) is 1. The Morgan fingerprint density at radius 2 is 2.18 bits per heavy atom. The summed E-state index contributed by atoms with van der Waals surface area (Å²) in [7, 11) is 1.59. The zero-order valence-corrected chi connectivity index (χ0v) is 13.6. The fourth-order valence-electron chi connectivity index (χ4n) is 2.01. The van der Waals surface area contributed by atoms with Crippen molar-refractivity contribution in [3.8, 4) is 6.07 Å². The second-order valence-electron chi connectivity index (χ2n) is 5.26. The van der Waals surface area contributed by atoms with Gasteiger partial charge in [-0.2, -0.15) is 5.26 Å². The number of benzene rings is 1. The van der Waals surface area contributed by atoms with E-state index in [2.05, 4.69) is 24.5 Å². The first-order valence-electron chi connectivity index (χ1n) is 7.24. The van der Waals surface area contributed by atoms with Crippen molar-refractivity contribution in [1.82, 2.24) is 5.32 Å². The van der Waals surface area contributed by atoms with E-state index in [0.29, 0.717) is 13.2 Å². The highest BCUT2D eigenvalue weighted by molar-refractivity contribution is 6.07. The molecule has 0 unspecified atom stereocenters. The average Bonchev–Trinajstić information content (AvgIpc) is 2.49. The van der Waals surface area contributed by atoms with Gasteiger partial charge >= 0.3 is 0 Å². The molecule has 0 saturated heterocycles. The molecule has 0 spiro atoms. The second kappa shape index (κ2) is 8.85. The number of carbonyl (C=O) groups excluding carboxylic acids is 1. The minimum Gasteiger partial charge on any atom is -0.387 e. The normalized spacial score (nSPS) is 11.2. The lowest BCUT2D eigenvalue weighted by Gasteiger charge is -2.16. The molecule has 0 aliphatic heterocycles. The van der Waals surface area contributed by atoms with Crippen molar-refractivity contribution >= 4 is 11.6 Å². The Labute approximate surface area is 132 Å². The second-order valence-corrected chi connectivity index (χ2v) is 5.26. The molecule has 1 amide bonds. The average molecular weight is 301 g/mol. The standard InChI is InChI=1S/C17H23N3O2/c1-12(2)15-7-5-6-13(3)16(15)20-17(21)14(10-18)11-19-8-9-22-4/h5-7,11-12,19H,8-9H2,1-4H3,(H,20,21)/b14-11-. The van der Waals surface area contributed by atoms with Gasteiger partial charge in [0, 0.05) is 25.5 Å². The minimum atomic E-state index is -0.413. The van der Waals surface area contributed by atoms with Crippen LogP contribution in [0.15, 0.2) is 30.0 Å². The number of amides is 1. The Bertz CT molecular complexity index is 586. The molecule has 118 valence electrons. The number of nitrogens with one attached hydrogen (secondary N) is 2. The van der Waals surface area contributed by atoms with E-state index in [1.54, 1.807) is 7.11 Å². The SMILES string of the molecule is COCCN/C=C(/C#N)C(=O)Nc1c(C)cccc1C(C)C. The number of nitrogens with zero attached hydrogens (tertiary/aromatic N) is 1. The molecule has 2 N–H and O–H groups in total. The molecule has 0 aromatic heterocycles. The summed E-state index contributed by atoms with van der Waals surface area (Å²) >= 11 is 0. The van der Waals surface area contributed by atoms with Gasteiger partial charge in [-0.05, 0) is 24.0 Å². The molecule has 1 aromatic carbocycles. The van der Waals surface area contributed by atoms with Gasteiger partial charge in [0.1, 0.15) is 11.6 Å². The van der Waals surface area contributed by atoms with Crippen LogP contribution < -0.4 is 10.6 Å². The van der Waals surface area contributed by atoms with Crippen LogP contribution in [0.1, 0.15) is 30.9 Å². The quantitative estimate of drug-likeness (QED) is 0.461. The Kier molecular flexibility index (Phi) is 7.14. The molecule has 5 heteroatoms. The number of hydrogen-bond acceptors (Lipinski definition) is 4. The van der Waals surface area contributed by atoms with E-state index in [-0.39, 0.29) is 11.5 Å². The summed E-state index contributed by atoms with van der Waals surface area (Å²) in [6.07, 6.45) is 1.42. The number of nitriles is 1. The third-order valence-electron chi connectivity index (χ3n) is 3.23. The number of hydrogen-bond donors (Lipinski definition) is 2. The van der Waals surface area contributed by atoms with Crippen LogP contribution in [0.2, 0.25) is 0 Å². The van der Waals surface area contributed by atoms with Crippen LogP contribution in [0.4, 0.5) is 5.69 Å². The zero-order chi connectivity index (χ0) is 16.5. The maximum Gasteiger partial charge on any atom is 0.267 e. The van der Waals surface area contributed by atoms with Gasteiger partial charge in [0.05, 0.1) is 6.61 Å². The van der Waals surface area contributed by atoms with Crippen LogP contribution in [0, 0.1) is 18.3 Å². The lowest BCUT2D eigenvalue weighted by atomic mass is 9.98. The Morgan fingerprint density at radius 3 is 2.77 bits per heavy atom. The van der Waals surface area contributed by atoms with Crippen molar-refractivity contribution in [1.29, 1.82) is 5.26 Å². The molecule has 0 aliphatic carbocycles. The number of rotatable bonds is 7. The van der Waals surface area contributed by atoms with E-state index in [4.69, 9.17) is 10.00 Å². The zero-order valence-electron chi connectivity index (χ0n) is 13.6. The molecule has 0 fully saturated rings. The van der Waals surface area contributed by atoms with Crippen LogP contribution in [0.3, 0.4) is 0 Å². The maximum atomic E-state index is 12.3.